The fraction of sp³-hybridized carbons (Fsp3) is 0.417. The molecule has 3 rings (SSSR count). The van der Waals surface area contributed by atoms with Crippen LogP contribution in [0.25, 0.3) is 5.57 Å². The Kier molecular flexibility index (Phi) is 2.24. The quantitative estimate of drug-likeness (QED) is 0.787. The molecule has 1 aliphatic carbocycles. The molecule has 1 aromatic heterocycles. The highest BCUT2D eigenvalue weighted by Crippen LogP contribution is 2.40. The number of hydrogen-bond donors (Lipinski definition) is 2. The molecule has 1 aromatic rings. The van der Waals surface area contributed by atoms with Crippen molar-refractivity contribution in [3.8, 4) is 0 Å². The zero-order chi connectivity index (χ0) is 11.1. The van der Waals surface area contributed by atoms with Gasteiger partial charge in [-0.25, -0.2) is 4.79 Å². The minimum Gasteiger partial charge on any atom is -0.477 e. The molecule has 2 N–H and O–H groups in total. The van der Waals surface area contributed by atoms with Crippen LogP contribution in [0.15, 0.2) is 11.8 Å². The normalized spacial score (nSPS) is 18.8. The van der Waals surface area contributed by atoms with Gasteiger partial charge in [0.2, 0.25) is 0 Å². The highest BCUT2D eigenvalue weighted by atomic mass is 32.1. The van der Waals surface area contributed by atoms with Crippen molar-refractivity contribution in [1.29, 1.82) is 0 Å². The molecule has 2 aliphatic rings. The van der Waals surface area contributed by atoms with Gasteiger partial charge < -0.3 is 10.4 Å². The van der Waals surface area contributed by atoms with E-state index in [2.05, 4.69) is 5.32 Å². The van der Waals surface area contributed by atoms with Crippen molar-refractivity contribution >= 4 is 22.9 Å². The van der Waals surface area contributed by atoms with Crippen LogP contribution in [0.2, 0.25) is 0 Å². The van der Waals surface area contributed by atoms with Gasteiger partial charge in [0.15, 0.2) is 0 Å². The van der Waals surface area contributed by atoms with Gasteiger partial charge in [0.05, 0.1) is 0 Å². The van der Waals surface area contributed by atoms with Crippen molar-refractivity contribution in [2.75, 3.05) is 0 Å². The van der Waals surface area contributed by atoms with E-state index in [9.17, 15) is 4.79 Å². The first-order valence-corrected chi connectivity index (χ1v) is 6.39. The number of carboxylic acids is 1. The fourth-order valence-electron chi connectivity index (χ4n) is 2.47. The number of fused-ring (bicyclic) bond motifs is 2. The molecule has 4 heteroatoms. The molecule has 0 unspecified atom stereocenters. The smallest absolute Gasteiger partial charge is 0.345 e. The summed E-state index contributed by atoms with van der Waals surface area (Å²) >= 11 is 1.43. The van der Waals surface area contributed by atoms with Crippen molar-refractivity contribution < 1.29 is 9.90 Å². The van der Waals surface area contributed by atoms with E-state index in [0.717, 1.165) is 24.9 Å². The van der Waals surface area contributed by atoms with Crippen molar-refractivity contribution in [2.45, 2.75) is 32.2 Å². The third kappa shape index (κ3) is 1.45. The van der Waals surface area contributed by atoms with Gasteiger partial charge in [-0.05, 0) is 42.9 Å². The van der Waals surface area contributed by atoms with E-state index in [-0.39, 0.29) is 0 Å². The van der Waals surface area contributed by atoms with Gasteiger partial charge in [-0.15, -0.1) is 11.3 Å². The Morgan fingerprint density at radius 3 is 3.00 bits per heavy atom. The second kappa shape index (κ2) is 3.63. The summed E-state index contributed by atoms with van der Waals surface area (Å²) in [6.07, 6.45) is 4.68. The van der Waals surface area contributed by atoms with E-state index >= 15 is 0 Å². The van der Waals surface area contributed by atoms with E-state index in [0.29, 0.717) is 4.88 Å². The summed E-state index contributed by atoms with van der Waals surface area (Å²) in [5, 5.41) is 12.4. The first kappa shape index (κ1) is 9.90. The Labute approximate surface area is 97.8 Å². The highest BCUT2D eigenvalue weighted by Gasteiger charge is 2.24. The number of rotatable bonds is 1. The molecule has 0 atom stereocenters. The Balaban J connectivity index is 2.09. The molecule has 0 fully saturated rings. The molecule has 0 spiro atoms. The zero-order valence-electron chi connectivity index (χ0n) is 8.88. The standard InChI is InChI=1S/C12H13NO2S/c14-12(15)10-5-7-6-13-9-4-2-1-3-8(9)11(7)16-10/h5,13H,1-4,6H2,(H,14,15). The summed E-state index contributed by atoms with van der Waals surface area (Å²) in [6.45, 7) is 0.790. The largest absolute Gasteiger partial charge is 0.477 e. The van der Waals surface area contributed by atoms with Crippen molar-refractivity contribution in [1.82, 2.24) is 5.32 Å². The maximum absolute atomic E-state index is 11.0. The Hall–Kier alpha value is -1.29. The number of allylic oxidation sites excluding steroid dienone is 2. The summed E-state index contributed by atoms with van der Waals surface area (Å²) in [6, 6.07) is 1.81. The monoisotopic (exact) mass is 235 g/mol. The van der Waals surface area contributed by atoms with E-state index in [1.165, 1.54) is 40.3 Å². The van der Waals surface area contributed by atoms with E-state index in [1.807, 2.05) is 6.07 Å². The SMILES string of the molecule is O=C(O)c1cc2c(s1)C1=C(CCCC1)NC2. The maximum Gasteiger partial charge on any atom is 0.345 e. The highest BCUT2D eigenvalue weighted by molar-refractivity contribution is 7.15. The molecule has 0 amide bonds. The Morgan fingerprint density at radius 1 is 1.38 bits per heavy atom. The number of thiophene rings is 1. The molecular formula is C12H13NO2S. The molecule has 1 aliphatic heterocycles. The van der Waals surface area contributed by atoms with Gasteiger partial charge in [0.25, 0.3) is 0 Å². The molecule has 16 heavy (non-hydrogen) atoms. The molecule has 84 valence electrons. The van der Waals surface area contributed by atoms with Gasteiger partial charge in [-0.2, -0.15) is 0 Å². The minimum atomic E-state index is -0.808. The Morgan fingerprint density at radius 2 is 2.19 bits per heavy atom. The average molecular weight is 235 g/mol. The number of nitrogens with one attached hydrogen (secondary N) is 1. The van der Waals surface area contributed by atoms with E-state index < -0.39 is 5.97 Å². The molecule has 3 nitrogen and oxygen atoms in total. The molecule has 0 aromatic carbocycles. The van der Waals surface area contributed by atoms with Gasteiger partial charge in [0.1, 0.15) is 4.88 Å². The lowest BCUT2D eigenvalue weighted by atomic mass is 9.91. The van der Waals surface area contributed by atoms with Crippen LogP contribution in [0.1, 0.15) is 45.8 Å². The lowest BCUT2D eigenvalue weighted by molar-refractivity contribution is 0.0702. The van der Waals surface area contributed by atoms with E-state index in [1.54, 1.807) is 0 Å². The third-order valence-corrected chi connectivity index (χ3v) is 4.48. The predicted molar refractivity (Wildman–Crippen MR) is 63.5 cm³/mol. The second-order valence-electron chi connectivity index (χ2n) is 4.29. The first-order valence-electron chi connectivity index (χ1n) is 5.58. The van der Waals surface area contributed by atoms with Crippen LogP contribution in [0, 0.1) is 0 Å². The van der Waals surface area contributed by atoms with Crippen LogP contribution in [0.3, 0.4) is 0 Å². The summed E-state index contributed by atoms with van der Waals surface area (Å²) in [5.41, 5.74) is 3.87. The van der Waals surface area contributed by atoms with Gasteiger partial charge in [0, 0.05) is 17.1 Å². The summed E-state index contributed by atoms with van der Waals surface area (Å²) in [5.74, 6) is -0.808. The molecule has 0 bridgehead atoms. The molecular weight excluding hydrogens is 222 g/mol. The Bertz CT molecular complexity index is 487. The van der Waals surface area contributed by atoms with Crippen LogP contribution in [-0.2, 0) is 6.54 Å². The minimum absolute atomic E-state index is 0.464. The topological polar surface area (TPSA) is 49.3 Å². The lowest BCUT2D eigenvalue weighted by Gasteiger charge is -2.26. The molecule has 0 radical (unpaired) electrons. The van der Waals surface area contributed by atoms with Crippen LogP contribution in [0.5, 0.6) is 0 Å². The van der Waals surface area contributed by atoms with Crippen LogP contribution >= 0.6 is 11.3 Å². The lowest BCUT2D eigenvalue weighted by Crippen LogP contribution is -2.21. The molecule has 0 saturated carbocycles. The third-order valence-electron chi connectivity index (χ3n) is 3.25. The van der Waals surface area contributed by atoms with Gasteiger partial charge >= 0.3 is 5.97 Å². The van der Waals surface area contributed by atoms with Crippen molar-refractivity contribution in [3.05, 3.63) is 27.1 Å². The number of aromatic carboxylic acids is 1. The van der Waals surface area contributed by atoms with Crippen LogP contribution < -0.4 is 5.32 Å². The molecule has 2 heterocycles. The second-order valence-corrected chi connectivity index (χ2v) is 5.34. The van der Waals surface area contributed by atoms with Gasteiger partial charge in [-0.1, -0.05) is 0 Å². The fourth-order valence-corrected chi connectivity index (χ4v) is 3.59. The van der Waals surface area contributed by atoms with Crippen molar-refractivity contribution in [3.63, 3.8) is 0 Å². The van der Waals surface area contributed by atoms with Gasteiger partial charge in [-0.3, -0.25) is 0 Å². The summed E-state index contributed by atoms with van der Waals surface area (Å²) in [4.78, 5) is 12.6. The first-order chi connectivity index (χ1) is 7.75. The number of carboxylic acid groups (broad SMARTS) is 1. The summed E-state index contributed by atoms with van der Waals surface area (Å²) in [7, 11) is 0. The average Bonchev–Trinajstić information content (AvgIpc) is 2.73. The van der Waals surface area contributed by atoms with Crippen LogP contribution in [-0.4, -0.2) is 11.1 Å². The van der Waals surface area contributed by atoms with Crippen LogP contribution in [0.4, 0.5) is 0 Å². The van der Waals surface area contributed by atoms with Crippen molar-refractivity contribution in [2.24, 2.45) is 0 Å². The number of carbonyl (C=O) groups is 1. The number of hydrogen-bond acceptors (Lipinski definition) is 3. The van der Waals surface area contributed by atoms with E-state index in [4.69, 9.17) is 5.11 Å². The summed E-state index contributed by atoms with van der Waals surface area (Å²) < 4.78 is 0. The molecule has 0 saturated heterocycles. The maximum atomic E-state index is 11.0. The zero-order valence-corrected chi connectivity index (χ0v) is 9.69. The predicted octanol–water partition coefficient (Wildman–Crippen LogP) is 2.83.